The average molecular weight is 363 g/mol. The van der Waals surface area contributed by atoms with Crippen LogP contribution in [0.15, 0.2) is 66.7 Å². The summed E-state index contributed by atoms with van der Waals surface area (Å²) in [6, 6.07) is 20.7. The first-order chi connectivity index (χ1) is 13.2. The third-order valence-corrected chi connectivity index (χ3v) is 4.38. The van der Waals surface area contributed by atoms with Crippen LogP contribution in [0.3, 0.4) is 0 Å². The minimum absolute atomic E-state index is 0.346. The lowest BCUT2D eigenvalue weighted by Crippen LogP contribution is -2.06. The zero-order valence-corrected chi connectivity index (χ0v) is 15.2. The minimum Gasteiger partial charge on any atom is -0.496 e. The van der Waals surface area contributed by atoms with E-state index in [2.05, 4.69) is 5.48 Å². The van der Waals surface area contributed by atoms with Gasteiger partial charge >= 0.3 is 5.97 Å². The lowest BCUT2D eigenvalue weighted by Gasteiger charge is -2.13. The number of esters is 1. The number of hydrogen-bond acceptors (Lipinski definition) is 5. The maximum absolute atomic E-state index is 12.0. The van der Waals surface area contributed by atoms with Gasteiger partial charge in [-0.3, -0.25) is 10.7 Å². The molecule has 0 radical (unpaired) electrons. The number of methoxy groups -OCH3 is 2. The lowest BCUT2D eigenvalue weighted by molar-refractivity contribution is 0.0599. The van der Waals surface area contributed by atoms with E-state index in [-0.39, 0.29) is 5.97 Å². The molecule has 0 heterocycles. The second kappa shape index (κ2) is 8.38. The molecule has 0 aromatic heterocycles. The molecule has 0 saturated carbocycles. The average Bonchev–Trinajstić information content (AvgIpc) is 2.73. The predicted molar refractivity (Wildman–Crippen MR) is 104 cm³/mol. The van der Waals surface area contributed by atoms with E-state index in [0.29, 0.717) is 17.7 Å². The third-order valence-electron chi connectivity index (χ3n) is 4.38. The van der Waals surface area contributed by atoms with Gasteiger partial charge in [0.15, 0.2) is 0 Å². The van der Waals surface area contributed by atoms with Crippen LogP contribution >= 0.6 is 0 Å². The Morgan fingerprint density at radius 1 is 1.00 bits per heavy atom. The Hall–Kier alpha value is -3.31. The molecule has 5 heteroatoms. The normalized spacial score (nSPS) is 10.3. The molecule has 3 aromatic rings. The molecule has 27 heavy (non-hydrogen) atoms. The van der Waals surface area contributed by atoms with E-state index < -0.39 is 0 Å². The van der Waals surface area contributed by atoms with Gasteiger partial charge in [0.1, 0.15) is 5.75 Å². The number of benzene rings is 3. The fourth-order valence-electron chi connectivity index (χ4n) is 3.05. The highest BCUT2D eigenvalue weighted by Gasteiger charge is 2.13. The van der Waals surface area contributed by atoms with Gasteiger partial charge in [-0.2, -0.15) is 0 Å². The van der Waals surface area contributed by atoms with Crippen LogP contribution in [0, 0.1) is 0 Å². The summed E-state index contributed by atoms with van der Waals surface area (Å²) in [4.78, 5) is 12.0. The van der Waals surface area contributed by atoms with E-state index >= 15 is 0 Å². The van der Waals surface area contributed by atoms with Crippen molar-refractivity contribution in [3.8, 4) is 16.9 Å². The van der Waals surface area contributed by atoms with Gasteiger partial charge in [0.2, 0.25) is 0 Å². The van der Waals surface area contributed by atoms with E-state index in [9.17, 15) is 4.79 Å². The van der Waals surface area contributed by atoms with Crippen molar-refractivity contribution in [2.24, 2.45) is 0 Å². The van der Waals surface area contributed by atoms with Gasteiger partial charge < -0.3 is 9.47 Å². The van der Waals surface area contributed by atoms with Crippen molar-refractivity contribution >= 4 is 11.7 Å². The van der Waals surface area contributed by atoms with Crippen molar-refractivity contribution in [2.45, 2.75) is 6.42 Å². The van der Waals surface area contributed by atoms with E-state index in [1.54, 1.807) is 19.2 Å². The van der Waals surface area contributed by atoms with Crippen LogP contribution in [0.25, 0.3) is 11.1 Å². The van der Waals surface area contributed by atoms with Crippen LogP contribution in [0.4, 0.5) is 5.69 Å². The van der Waals surface area contributed by atoms with Gasteiger partial charge in [-0.1, -0.05) is 36.4 Å². The Balaban J connectivity index is 2.00. The first-order valence-electron chi connectivity index (χ1n) is 8.50. The van der Waals surface area contributed by atoms with Crippen molar-refractivity contribution in [2.75, 3.05) is 19.7 Å². The number of carbonyl (C=O) groups is 1. The van der Waals surface area contributed by atoms with Crippen LogP contribution in [0.2, 0.25) is 0 Å². The van der Waals surface area contributed by atoms with Crippen molar-refractivity contribution in [1.29, 1.82) is 0 Å². The van der Waals surface area contributed by atoms with Gasteiger partial charge in [-0.15, -0.1) is 0 Å². The lowest BCUT2D eigenvalue weighted by atomic mass is 9.96. The minimum atomic E-state index is -0.346. The van der Waals surface area contributed by atoms with Crippen molar-refractivity contribution in [3.05, 3.63) is 83.4 Å². The Bertz CT molecular complexity index is 953. The smallest absolute Gasteiger partial charge is 0.338 e. The van der Waals surface area contributed by atoms with Crippen molar-refractivity contribution in [3.63, 3.8) is 0 Å². The molecule has 0 atom stereocenters. The maximum Gasteiger partial charge on any atom is 0.338 e. The summed E-state index contributed by atoms with van der Waals surface area (Å²) in [5.74, 6) is 0.385. The standard InChI is InChI=1S/C22H21NO4/c1-26-21-11-10-15(12-16-6-3-4-9-19(16)22(24)27-2)13-20(21)17-7-5-8-18(14-17)23-25/h3-11,13-14,23,25H,12H2,1-2H3. The fraction of sp³-hybridized carbons (Fsp3) is 0.136. The molecule has 0 fully saturated rings. The van der Waals surface area contributed by atoms with Gasteiger partial charge in [0.25, 0.3) is 0 Å². The molecule has 0 amide bonds. The second-order valence-corrected chi connectivity index (χ2v) is 6.05. The van der Waals surface area contributed by atoms with Gasteiger partial charge in [-0.25, -0.2) is 4.79 Å². The number of ether oxygens (including phenoxy) is 2. The topological polar surface area (TPSA) is 67.8 Å². The maximum atomic E-state index is 12.0. The molecule has 138 valence electrons. The molecule has 0 spiro atoms. The number of anilines is 1. The molecule has 3 rings (SSSR count). The molecule has 5 nitrogen and oxygen atoms in total. The number of rotatable bonds is 6. The first kappa shape index (κ1) is 18.5. The summed E-state index contributed by atoms with van der Waals surface area (Å²) in [5.41, 5.74) is 7.06. The largest absolute Gasteiger partial charge is 0.496 e. The van der Waals surface area contributed by atoms with Crippen LogP contribution < -0.4 is 10.2 Å². The highest BCUT2D eigenvalue weighted by Crippen LogP contribution is 2.33. The highest BCUT2D eigenvalue weighted by atomic mass is 16.5. The van der Waals surface area contributed by atoms with E-state index in [1.807, 2.05) is 54.6 Å². The van der Waals surface area contributed by atoms with Gasteiger partial charge in [0.05, 0.1) is 25.5 Å². The summed E-state index contributed by atoms with van der Waals surface area (Å²) in [7, 11) is 3.01. The van der Waals surface area contributed by atoms with E-state index in [4.69, 9.17) is 14.7 Å². The molecule has 0 aliphatic carbocycles. The summed E-state index contributed by atoms with van der Waals surface area (Å²) >= 11 is 0. The van der Waals surface area contributed by atoms with Gasteiger partial charge in [0, 0.05) is 5.56 Å². The van der Waals surface area contributed by atoms with Crippen LogP contribution in [0.5, 0.6) is 5.75 Å². The zero-order chi connectivity index (χ0) is 19.2. The summed E-state index contributed by atoms with van der Waals surface area (Å²) in [5, 5.41) is 9.17. The monoisotopic (exact) mass is 363 g/mol. The molecular formula is C22H21NO4. The molecule has 0 bridgehead atoms. The van der Waals surface area contributed by atoms with Gasteiger partial charge in [-0.05, 0) is 53.4 Å². The Morgan fingerprint density at radius 3 is 2.56 bits per heavy atom. The van der Waals surface area contributed by atoms with E-state index in [1.165, 1.54) is 7.11 Å². The molecule has 0 saturated heterocycles. The second-order valence-electron chi connectivity index (χ2n) is 6.05. The van der Waals surface area contributed by atoms with Crippen molar-refractivity contribution < 1.29 is 19.5 Å². The Morgan fingerprint density at radius 2 is 1.81 bits per heavy atom. The van der Waals surface area contributed by atoms with Crippen LogP contribution in [0.1, 0.15) is 21.5 Å². The predicted octanol–water partition coefficient (Wildman–Crippen LogP) is 4.54. The first-order valence-corrected chi connectivity index (χ1v) is 8.50. The Labute approximate surface area is 158 Å². The number of hydrogen-bond donors (Lipinski definition) is 2. The fourth-order valence-corrected chi connectivity index (χ4v) is 3.05. The Kier molecular flexibility index (Phi) is 5.74. The number of nitrogens with one attached hydrogen (secondary N) is 1. The molecular weight excluding hydrogens is 342 g/mol. The third kappa shape index (κ3) is 4.10. The molecule has 0 aliphatic heterocycles. The SMILES string of the molecule is COC(=O)c1ccccc1Cc1ccc(OC)c(-c2cccc(NO)c2)c1. The zero-order valence-electron chi connectivity index (χ0n) is 15.2. The molecule has 2 N–H and O–H groups in total. The summed E-state index contributed by atoms with van der Waals surface area (Å²) in [6.45, 7) is 0. The molecule has 0 aliphatic rings. The quantitative estimate of drug-likeness (QED) is 0.497. The number of carbonyl (C=O) groups excluding carboxylic acids is 1. The van der Waals surface area contributed by atoms with Crippen molar-refractivity contribution in [1.82, 2.24) is 0 Å². The summed E-state index contributed by atoms with van der Waals surface area (Å²) in [6.07, 6.45) is 0.584. The molecule has 0 unspecified atom stereocenters. The van der Waals surface area contributed by atoms with Crippen LogP contribution in [-0.2, 0) is 11.2 Å². The van der Waals surface area contributed by atoms with Crippen LogP contribution in [-0.4, -0.2) is 25.4 Å². The highest BCUT2D eigenvalue weighted by molar-refractivity contribution is 5.91. The molecule has 3 aromatic carbocycles. The van der Waals surface area contributed by atoms with E-state index in [0.717, 1.165) is 28.0 Å². The summed E-state index contributed by atoms with van der Waals surface area (Å²) < 4.78 is 10.4.